The van der Waals surface area contributed by atoms with E-state index in [9.17, 15) is 4.79 Å². The molecule has 1 amide bonds. The van der Waals surface area contributed by atoms with Gasteiger partial charge >= 0.3 is 0 Å². The topological polar surface area (TPSA) is 88.7 Å². The van der Waals surface area contributed by atoms with Crippen molar-refractivity contribution in [3.8, 4) is 5.75 Å². The van der Waals surface area contributed by atoms with Gasteiger partial charge in [-0.2, -0.15) is 0 Å². The van der Waals surface area contributed by atoms with Crippen molar-refractivity contribution in [1.29, 1.82) is 0 Å². The third-order valence-corrected chi connectivity index (χ3v) is 4.15. The Labute approximate surface area is 171 Å². The molecule has 150 valence electrons. The summed E-state index contributed by atoms with van der Waals surface area (Å²) in [5, 5.41) is 7.35. The van der Waals surface area contributed by atoms with Crippen molar-refractivity contribution in [2.45, 2.75) is 19.8 Å². The first kappa shape index (κ1) is 21.6. The van der Waals surface area contributed by atoms with Crippen LogP contribution in [0.15, 0.2) is 53.5 Å². The average molecular weight is 403 g/mol. The Balaban J connectivity index is 1.79. The Morgan fingerprint density at radius 3 is 2.57 bits per heavy atom. The Kier molecular flexibility index (Phi) is 9.15. The smallest absolute Gasteiger partial charge is 0.255 e. The minimum atomic E-state index is -0.489. The van der Waals surface area contributed by atoms with Crippen LogP contribution in [-0.2, 0) is 17.6 Å². The number of aliphatic imine (C=N–C) groups is 1. The van der Waals surface area contributed by atoms with Crippen molar-refractivity contribution in [2.24, 2.45) is 10.7 Å². The van der Waals surface area contributed by atoms with E-state index >= 15 is 0 Å². The lowest BCUT2D eigenvalue weighted by Crippen LogP contribution is -2.38. The molecule has 2 aromatic carbocycles. The molecule has 0 saturated heterocycles. The number of carbonyl (C=O) groups is 1. The summed E-state index contributed by atoms with van der Waals surface area (Å²) in [5.41, 5.74) is 7.40. The van der Waals surface area contributed by atoms with Crippen molar-refractivity contribution in [3.63, 3.8) is 0 Å². The molecule has 0 saturated carbocycles. The number of nitrogens with one attached hydrogen (secondary N) is 2. The van der Waals surface area contributed by atoms with Gasteiger partial charge in [0.05, 0.1) is 0 Å². The Morgan fingerprint density at radius 1 is 1.11 bits per heavy atom. The number of ether oxygens (including phenoxy) is 1. The summed E-state index contributed by atoms with van der Waals surface area (Å²) in [4.78, 5) is 15.3. The SMILES string of the molecule is CCNC(=NCCc1ccc(OCC(N)=O)cc1)NCCc1cccc(Cl)c1. The Hall–Kier alpha value is -2.73. The van der Waals surface area contributed by atoms with Gasteiger partial charge < -0.3 is 21.1 Å². The van der Waals surface area contributed by atoms with Gasteiger partial charge in [-0.25, -0.2) is 0 Å². The first-order valence-electron chi connectivity index (χ1n) is 9.33. The number of rotatable bonds is 10. The summed E-state index contributed by atoms with van der Waals surface area (Å²) in [6, 6.07) is 15.5. The zero-order valence-electron chi connectivity index (χ0n) is 16.1. The second-order valence-electron chi connectivity index (χ2n) is 6.22. The molecule has 0 aromatic heterocycles. The lowest BCUT2D eigenvalue weighted by Gasteiger charge is -2.11. The van der Waals surface area contributed by atoms with E-state index in [1.807, 2.05) is 49.4 Å². The molecule has 7 heteroatoms. The minimum absolute atomic E-state index is 0.115. The maximum atomic E-state index is 10.7. The highest BCUT2D eigenvalue weighted by atomic mass is 35.5. The van der Waals surface area contributed by atoms with Crippen molar-refractivity contribution >= 4 is 23.5 Å². The van der Waals surface area contributed by atoms with Gasteiger partial charge in [0, 0.05) is 24.7 Å². The van der Waals surface area contributed by atoms with E-state index < -0.39 is 5.91 Å². The van der Waals surface area contributed by atoms with Crippen molar-refractivity contribution < 1.29 is 9.53 Å². The van der Waals surface area contributed by atoms with Crippen molar-refractivity contribution in [3.05, 3.63) is 64.7 Å². The number of guanidine groups is 1. The maximum Gasteiger partial charge on any atom is 0.255 e. The van der Waals surface area contributed by atoms with Gasteiger partial charge in [0.25, 0.3) is 5.91 Å². The molecule has 6 nitrogen and oxygen atoms in total. The third-order valence-electron chi connectivity index (χ3n) is 3.91. The van der Waals surface area contributed by atoms with E-state index in [0.29, 0.717) is 12.3 Å². The minimum Gasteiger partial charge on any atom is -0.484 e. The number of primary amides is 1. The fourth-order valence-electron chi connectivity index (χ4n) is 2.56. The highest BCUT2D eigenvalue weighted by Gasteiger charge is 2.01. The molecule has 4 N–H and O–H groups in total. The first-order chi connectivity index (χ1) is 13.6. The number of hydrogen-bond donors (Lipinski definition) is 3. The van der Waals surface area contributed by atoms with Gasteiger partial charge in [0.15, 0.2) is 12.6 Å². The number of hydrogen-bond acceptors (Lipinski definition) is 3. The fraction of sp³-hybridized carbons (Fsp3) is 0.333. The number of carbonyl (C=O) groups excluding carboxylic acids is 1. The number of amides is 1. The predicted molar refractivity (Wildman–Crippen MR) is 114 cm³/mol. The lowest BCUT2D eigenvalue weighted by atomic mass is 10.1. The Morgan fingerprint density at radius 2 is 1.89 bits per heavy atom. The van der Waals surface area contributed by atoms with Crippen molar-refractivity contribution in [2.75, 3.05) is 26.2 Å². The molecule has 0 unspecified atom stereocenters. The molecule has 0 aliphatic rings. The largest absolute Gasteiger partial charge is 0.484 e. The monoisotopic (exact) mass is 402 g/mol. The molecule has 0 atom stereocenters. The number of benzene rings is 2. The number of nitrogens with two attached hydrogens (primary N) is 1. The highest BCUT2D eigenvalue weighted by Crippen LogP contribution is 2.12. The van der Waals surface area contributed by atoms with Crippen LogP contribution in [-0.4, -0.2) is 38.1 Å². The van der Waals surface area contributed by atoms with Gasteiger partial charge in [0.2, 0.25) is 0 Å². The molecule has 2 rings (SSSR count). The van der Waals surface area contributed by atoms with Crippen LogP contribution in [0, 0.1) is 0 Å². The van der Waals surface area contributed by atoms with Crippen LogP contribution < -0.4 is 21.1 Å². The van der Waals surface area contributed by atoms with Gasteiger partial charge in [-0.1, -0.05) is 35.9 Å². The summed E-state index contributed by atoms with van der Waals surface area (Å²) in [7, 11) is 0. The van der Waals surface area contributed by atoms with E-state index in [2.05, 4.69) is 21.7 Å². The third kappa shape index (κ3) is 8.31. The molecule has 0 radical (unpaired) electrons. The summed E-state index contributed by atoms with van der Waals surface area (Å²) in [6.45, 7) is 4.16. The number of nitrogens with zero attached hydrogens (tertiary/aromatic N) is 1. The van der Waals surface area contributed by atoms with Crippen LogP contribution in [0.1, 0.15) is 18.1 Å². The zero-order valence-corrected chi connectivity index (χ0v) is 16.8. The van der Waals surface area contributed by atoms with Gasteiger partial charge in [-0.15, -0.1) is 0 Å². The zero-order chi connectivity index (χ0) is 20.2. The second kappa shape index (κ2) is 11.9. The van der Waals surface area contributed by atoms with Crippen LogP contribution in [0.2, 0.25) is 5.02 Å². The first-order valence-corrected chi connectivity index (χ1v) is 9.71. The quantitative estimate of drug-likeness (QED) is 0.421. The molecule has 2 aromatic rings. The fourth-order valence-corrected chi connectivity index (χ4v) is 2.78. The normalized spacial score (nSPS) is 11.1. The van der Waals surface area contributed by atoms with E-state index in [1.54, 1.807) is 0 Å². The number of halogens is 1. The van der Waals surface area contributed by atoms with Crippen LogP contribution in [0.25, 0.3) is 0 Å². The standard InChI is InChI=1S/C21H27ClN4O2/c1-2-24-21(26-13-11-17-4-3-5-18(22)14-17)25-12-10-16-6-8-19(9-7-16)28-15-20(23)27/h3-9,14H,2,10-13,15H2,1H3,(H2,23,27)(H2,24,25,26). The van der Waals surface area contributed by atoms with Crippen LogP contribution in [0.5, 0.6) is 5.75 Å². The van der Waals surface area contributed by atoms with E-state index in [1.165, 1.54) is 5.56 Å². The lowest BCUT2D eigenvalue weighted by molar-refractivity contribution is -0.119. The van der Waals surface area contributed by atoms with E-state index in [0.717, 1.165) is 42.5 Å². The molecular weight excluding hydrogens is 376 g/mol. The van der Waals surface area contributed by atoms with Crippen LogP contribution in [0.3, 0.4) is 0 Å². The van der Waals surface area contributed by atoms with Crippen LogP contribution >= 0.6 is 11.6 Å². The highest BCUT2D eigenvalue weighted by molar-refractivity contribution is 6.30. The van der Waals surface area contributed by atoms with E-state index in [-0.39, 0.29) is 6.61 Å². The summed E-state index contributed by atoms with van der Waals surface area (Å²) >= 11 is 6.02. The molecule has 0 aliphatic heterocycles. The second-order valence-corrected chi connectivity index (χ2v) is 6.65. The average Bonchev–Trinajstić information content (AvgIpc) is 2.67. The van der Waals surface area contributed by atoms with Gasteiger partial charge in [-0.3, -0.25) is 9.79 Å². The molecule has 0 spiro atoms. The molecular formula is C21H27ClN4O2. The molecule has 28 heavy (non-hydrogen) atoms. The van der Waals surface area contributed by atoms with E-state index in [4.69, 9.17) is 22.1 Å². The van der Waals surface area contributed by atoms with Gasteiger partial charge in [0.1, 0.15) is 5.75 Å². The molecule has 0 bridgehead atoms. The van der Waals surface area contributed by atoms with Gasteiger partial charge in [-0.05, 0) is 55.2 Å². The molecule has 0 aliphatic carbocycles. The van der Waals surface area contributed by atoms with Crippen molar-refractivity contribution in [1.82, 2.24) is 10.6 Å². The molecule has 0 fully saturated rings. The van der Waals surface area contributed by atoms with Crippen LogP contribution in [0.4, 0.5) is 0 Å². The molecule has 0 heterocycles. The predicted octanol–water partition coefficient (Wildman–Crippen LogP) is 2.54. The summed E-state index contributed by atoms with van der Waals surface area (Å²) in [5.74, 6) is 0.935. The summed E-state index contributed by atoms with van der Waals surface area (Å²) < 4.78 is 5.25. The Bertz CT molecular complexity index is 778. The maximum absolute atomic E-state index is 10.7. The summed E-state index contributed by atoms with van der Waals surface area (Å²) in [6.07, 6.45) is 1.68.